The summed E-state index contributed by atoms with van der Waals surface area (Å²) in [6.45, 7) is 12.8. The minimum absolute atomic E-state index is 0.268. The third-order valence-electron chi connectivity index (χ3n) is 5.27. The fraction of sp³-hybridized carbons (Fsp3) is 0.500. The molecular formula is C20H27BO2S2. The Labute approximate surface area is 160 Å². The second kappa shape index (κ2) is 7.03. The van der Waals surface area contributed by atoms with Gasteiger partial charge in [0, 0.05) is 14.5 Å². The molecule has 25 heavy (non-hydrogen) atoms. The standard InChI is InChI=1S/C20H27BO2S2/c1-7-14-11-12-24-16(14)9-10-17-15(8-2)13-18(25-17)21-22-19(3,4)20(5,6)23-21/h9-13H,7-8H2,1-6H3/b10-9+. The first-order valence-corrected chi connectivity index (χ1v) is 10.7. The van der Waals surface area contributed by atoms with E-state index in [1.807, 2.05) is 0 Å². The van der Waals surface area contributed by atoms with Crippen LogP contribution in [-0.2, 0) is 22.2 Å². The van der Waals surface area contributed by atoms with Crippen molar-refractivity contribution in [2.24, 2.45) is 0 Å². The average Bonchev–Trinajstić information content (AvgIpc) is 3.21. The van der Waals surface area contributed by atoms with Gasteiger partial charge in [0.2, 0.25) is 0 Å². The number of hydrogen-bond acceptors (Lipinski definition) is 4. The third kappa shape index (κ3) is 3.66. The molecule has 0 spiro atoms. The van der Waals surface area contributed by atoms with Gasteiger partial charge in [-0.05, 0) is 81.3 Å². The van der Waals surface area contributed by atoms with Gasteiger partial charge < -0.3 is 9.31 Å². The van der Waals surface area contributed by atoms with Crippen LogP contribution in [0.4, 0.5) is 0 Å². The maximum Gasteiger partial charge on any atom is 0.505 e. The summed E-state index contributed by atoms with van der Waals surface area (Å²) >= 11 is 3.59. The number of thiophene rings is 2. The van der Waals surface area contributed by atoms with Crippen LogP contribution in [-0.4, -0.2) is 18.3 Å². The van der Waals surface area contributed by atoms with Crippen molar-refractivity contribution in [3.8, 4) is 0 Å². The normalized spacial score (nSPS) is 19.2. The molecule has 2 nitrogen and oxygen atoms in total. The molecule has 1 saturated heterocycles. The zero-order chi connectivity index (χ0) is 18.2. The first-order valence-electron chi connectivity index (χ1n) is 9.00. The monoisotopic (exact) mass is 374 g/mol. The number of hydrogen-bond donors (Lipinski definition) is 0. The van der Waals surface area contributed by atoms with E-state index in [1.165, 1.54) is 20.9 Å². The molecule has 1 aliphatic heterocycles. The summed E-state index contributed by atoms with van der Waals surface area (Å²) < 4.78 is 13.6. The molecule has 0 aromatic carbocycles. The smallest absolute Gasteiger partial charge is 0.399 e. The molecule has 0 atom stereocenters. The number of rotatable bonds is 5. The van der Waals surface area contributed by atoms with Crippen LogP contribution in [0.5, 0.6) is 0 Å². The minimum atomic E-state index is -0.295. The molecule has 1 aliphatic rings. The molecule has 2 aromatic rings. The lowest BCUT2D eigenvalue weighted by molar-refractivity contribution is 0.00578. The SMILES string of the molecule is CCc1ccsc1/C=C/c1sc(B2OC(C)(C)C(C)(C)O2)cc1CC. The fourth-order valence-electron chi connectivity index (χ4n) is 2.89. The van der Waals surface area contributed by atoms with Crippen LogP contribution in [0, 0.1) is 0 Å². The quantitative estimate of drug-likeness (QED) is 0.652. The van der Waals surface area contributed by atoms with Crippen LogP contribution in [0.15, 0.2) is 17.5 Å². The summed E-state index contributed by atoms with van der Waals surface area (Å²) in [5.74, 6) is 0. The van der Waals surface area contributed by atoms with Crippen molar-refractivity contribution in [1.82, 2.24) is 0 Å². The predicted molar refractivity (Wildman–Crippen MR) is 112 cm³/mol. The molecule has 3 heterocycles. The van der Waals surface area contributed by atoms with E-state index in [2.05, 4.69) is 71.2 Å². The first kappa shape index (κ1) is 18.9. The first-order chi connectivity index (χ1) is 11.8. The average molecular weight is 374 g/mol. The highest BCUT2D eigenvalue weighted by atomic mass is 32.1. The van der Waals surface area contributed by atoms with Crippen molar-refractivity contribution in [3.05, 3.63) is 38.4 Å². The van der Waals surface area contributed by atoms with Crippen molar-refractivity contribution < 1.29 is 9.31 Å². The molecule has 2 aromatic heterocycles. The molecule has 0 unspecified atom stereocenters. The summed E-state index contributed by atoms with van der Waals surface area (Å²) in [5, 5.41) is 2.17. The van der Waals surface area contributed by atoms with Gasteiger partial charge in [0.25, 0.3) is 0 Å². The Morgan fingerprint density at radius 1 is 0.960 bits per heavy atom. The molecule has 0 saturated carbocycles. The molecule has 0 bridgehead atoms. The Hall–Kier alpha value is -0.875. The van der Waals surface area contributed by atoms with Gasteiger partial charge in [0.05, 0.1) is 11.2 Å². The molecule has 134 valence electrons. The highest BCUT2D eigenvalue weighted by molar-refractivity contribution is 7.23. The van der Waals surface area contributed by atoms with Crippen molar-refractivity contribution in [1.29, 1.82) is 0 Å². The van der Waals surface area contributed by atoms with E-state index in [9.17, 15) is 0 Å². The fourth-order valence-corrected chi connectivity index (χ4v) is 4.90. The Balaban J connectivity index is 1.86. The largest absolute Gasteiger partial charge is 0.505 e. The summed E-state index contributed by atoms with van der Waals surface area (Å²) in [6, 6.07) is 4.47. The molecule has 0 radical (unpaired) electrons. The van der Waals surface area contributed by atoms with Crippen LogP contribution in [0.2, 0.25) is 0 Å². The van der Waals surface area contributed by atoms with E-state index < -0.39 is 0 Å². The molecule has 5 heteroatoms. The van der Waals surface area contributed by atoms with Gasteiger partial charge in [-0.25, -0.2) is 0 Å². The van der Waals surface area contributed by atoms with Crippen LogP contribution >= 0.6 is 22.7 Å². The summed E-state index contributed by atoms with van der Waals surface area (Å²) in [6.07, 6.45) is 6.60. The Bertz CT molecular complexity index is 755. The summed E-state index contributed by atoms with van der Waals surface area (Å²) in [4.78, 5) is 2.66. The van der Waals surface area contributed by atoms with Crippen molar-refractivity contribution in [2.75, 3.05) is 0 Å². The second-order valence-corrected chi connectivity index (χ2v) is 9.54. The van der Waals surface area contributed by atoms with E-state index >= 15 is 0 Å². The van der Waals surface area contributed by atoms with Crippen LogP contribution < -0.4 is 4.78 Å². The Kier molecular flexibility index (Phi) is 5.32. The van der Waals surface area contributed by atoms with Crippen molar-refractivity contribution in [3.63, 3.8) is 0 Å². The highest BCUT2D eigenvalue weighted by Gasteiger charge is 2.52. The molecule has 0 aliphatic carbocycles. The maximum atomic E-state index is 6.22. The Morgan fingerprint density at radius 3 is 2.16 bits per heavy atom. The minimum Gasteiger partial charge on any atom is -0.399 e. The van der Waals surface area contributed by atoms with Gasteiger partial charge in [-0.2, -0.15) is 0 Å². The van der Waals surface area contributed by atoms with E-state index in [0.717, 1.165) is 17.6 Å². The van der Waals surface area contributed by atoms with Gasteiger partial charge in [0.15, 0.2) is 0 Å². The lowest BCUT2D eigenvalue weighted by atomic mass is 9.87. The van der Waals surface area contributed by atoms with Crippen molar-refractivity contribution in [2.45, 2.75) is 65.6 Å². The lowest BCUT2D eigenvalue weighted by Gasteiger charge is -2.32. The summed E-state index contributed by atoms with van der Waals surface area (Å²) in [5.41, 5.74) is 2.19. The predicted octanol–water partition coefficient (Wildman–Crippen LogP) is 5.40. The van der Waals surface area contributed by atoms with Crippen LogP contribution in [0.3, 0.4) is 0 Å². The summed E-state index contributed by atoms with van der Waals surface area (Å²) in [7, 11) is -0.268. The molecule has 1 fully saturated rings. The van der Waals surface area contributed by atoms with Gasteiger partial charge in [-0.15, -0.1) is 22.7 Å². The highest BCUT2D eigenvalue weighted by Crippen LogP contribution is 2.37. The van der Waals surface area contributed by atoms with E-state index in [1.54, 1.807) is 22.7 Å². The van der Waals surface area contributed by atoms with Gasteiger partial charge >= 0.3 is 7.12 Å². The van der Waals surface area contributed by atoms with Gasteiger partial charge in [-0.1, -0.05) is 13.8 Å². The van der Waals surface area contributed by atoms with E-state index in [4.69, 9.17) is 9.31 Å². The molecular weight excluding hydrogens is 347 g/mol. The second-order valence-electron chi connectivity index (χ2n) is 7.48. The van der Waals surface area contributed by atoms with Gasteiger partial charge in [-0.3, -0.25) is 0 Å². The van der Waals surface area contributed by atoms with Gasteiger partial charge in [0.1, 0.15) is 0 Å². The van der Waals surface area contributed by atoms with Crippen molar-refractivity contribution >= 4 is 46.7 Å². The molecule has 0 amide bonds. The molecule has 3 rings (SSSR count). The maximum absolute atomic E-state index is 6.22. The topological polar surface area (TPSA) is 18.5 Å². The van der Waals surface area contributed by atoms with Crippen LogP contribution in [0.25, 0.3) is 12.2 Å². The zero-order valence-corrected chi connectivity index (χ0v) is 17.6. The van der Waals surface area contributed by atoms with Crippen LogP contribution in [0.1, 0.15) is 62.4 Å². The Morgan fingerprint density at radius 2 is 1.56 bits per heavy atom. The van der Waals surface area contributed by atoms with E-state index in [-0.39, 0.29) is 18.3 Å². The number of aryl methyl sites for hydroxylation is 2. The molecule has 0 N–H and O–H groups in total. The third-order valence-corrected chi connectivity index (χ3v) is 7.36. The zero-order valence-electron chi connectivity index (χ0n) is 16.0. The lowest BCUT2D eigenvalue weighted by Crippen LogP contribution is -2.41. The van der Waals surface area contributed by atoms with E-state index in [0.29, 0.717) is 0 Å².